The number of allylic oxidation sites excluding steroid dienone is 2. The third-order valence-electron chi connectivity index (χ3n) is 15.6. The average molecular weight is 1040 g/mol. The van der Waals surface area contributed by atoms with Gasteiger partial charge in [0.05, 0.1) is 25.4 Å². The minimum Gasteiger partial charge on any atom is -0.394 e. The maximum absolute atomic E-state index is 13.2. The van der Waals surface area contributed by atoms with Crippen LogP contribution in [0.1, 0.15) is 309 Å². The second kappa shape index (κ2) is 51.6. The highest BCUT2D eigenvalue weighted by Crippen LogP contribution is 2.24. The molecule has 73 heavy (non-hydrogen) atoms. The molecule has 1 saturated heterocycles. The molecule has 0 spiro atoms. The maximum atomic E-state index is 13.2. The zero-order valence-corrected chi connectivity index (χ0v) is 47.6. The van der Waals surface area contributed by atoms with E-state index in [0.717, 1.165) is 38.5 Å². The van der Waals surface area contributed by atoms with E-state index in [9.17, 15) is 40.5 Å². The van der Waals surface area contributed by atoms with Crippen molar-refractivity contribution >= 4 is 5.91 Å². The molecule has 9 unspecified atom stereocenters. The van der Waals surface area contributed by atoms with Gasteiger partial charge < -0.3 is 50.5 Å². The Morgan fingerprint density at radius 3 is 1.18 bits per heavy atom. The summed E-state index contributed by atoms with van der Waals surface area (Å²) in [5.74, 6) is -0.700. The van der Waals surface area contributed by atoms with Crippen molar-refractivity contribution < 1.29 is 50.0 Å². The largest absolute Gasteiger partial charge is 0.394 e. The number of carbonyl (C=O) groups excluding carboxylic acids is 1. The Morgan fingerprint density at radius 2 is 0.808 bits per heavy atom. The van der Waals surface area contributed by atoms with E-state index in [4.69, 9.17) is 9.47 Å². The first-order chi connectivity index (χ1) is 35.7. The van der Waals surface area contributed by atoms with Gasteiger partial charge in [-0.2, -0.15) is 0 Å². The van der Waals surface area contributed by atoms with Gasteiger partial charge in [-0.25, -0.2) is 0 Å². The minimum absolute atomic E-state index is 0.260. The fourth-order valence-electron chi connectivity index (χ4n) is 10.4. The van der Waals surface area contributed by atoms with Gasteiger partial charge in [0, 0.05) is 0 Å². The smallest absolute Gasteiger partial charge is 0.249 e. The van der Waals surface area contributed by atoms with E-state index < -0.39 is 74.2 Å². The van der Waals surface area contributed by atoms with Crippen LogP contribution in [0, 0.1) is 0 Å². The summed E-state index contributed by atoms with van der Waals surface area (Å²) >= 11 is 0. The van der Waals surface area contributed by atoms with Crippen molar-refractivity contribution in [3.8, 4) is 0 Å². The first kappa shape index (κ1) is 69.9. The van der Waals surface area contributed by atoms with Gasteiger partial charge in [0.25, 0.3) is 0 Å². The molecule has 1 rings (SSSR count). The van der Waals surface area contributed by atoms with Crippen LogP contribution in [0.2, 0.25) is 0 Å². The monoisotopic (exact) mass is 1040 g/mol. The summed E-state index contributed by atoms with van der Waals surface area (Å²) in [6, 6.07) is -1.18. The van der Waals surface area contributed by atoms with Gasteiger partial charge in [-0.15, -0.1) is 0 Å². The zero-order valence-electron chi connectivity index (χ0n) is 47.6. The van der Waals surface area contributed by atoms with E-state index in [1.165, 1.54) is 231 Å². The topological polar surface area (TPSA) is 189 Å². The van der Waals surface area contributed by atoms with E-state index in [-0.39, 0.29) is 12.8 Å². The van der Waals surface area contributed by atoms with Gasteiger partial charge in [-0.3, -0.25) is 4.79 Å². The normalized spacial score (nSPS) is 19.9. The number of ether oxygens (including phenoxy) is 2. The zero-order chi connectivity index (χ0) is 53.3. The number of aliphatic hydroxyl groups is 7. The van der Waals surface area contributed by atoms with E-state index in [1.807, 2.05) is 0 Å². The number of carbonyl (C=O) groups is 1. The predicted octanol–water partition coefficient (Wildman–Crippen LogP) is 13.9. The molecule has 0 aromatic heterocycles. The third-order valence-corrected chi connectivity index (χ3v) is 15.6. The van der Waals surface area contributed by atoms with Crippen LogP contribution in [-0.2, 0) is 14.3 Å². The van der Waals surface area contributed by atoms with Crippen molar-refractivity contribution in [3.63, 3.8) is 0 Å². The summed E-state index contributed by atoms with van der Waals surface area (Å²) in [7, 11) is 0. The van der Waals surface area contributed by atoms with E-state index >= 15 is 0 Å². The maximum Gasteiger partial charge on any atom is 0.249 e. The first-order valence-corrected chi connectivity index (χ1v) is 31.6. The number of hydrogen-bond donors (Lipinski definition) is 8. The van der Waals surface area contributed by atoms with Crippen LogP contribution in [0.3, 0.4) is 0 Å². The molecule has 9 atom stereocenters. The molecule has 8 N–H and O–H groups in total. The molecule has 0 radical (unpaired) electrons. The molecule has 0 aromatic rings. The SMILES string of the molecule is CCCCCCCCCCCCC/C=C/CCCC(O)C(O)C(COC1OC(CO)C(O)C(O)C1O)NC(=O)C(O)CCCCCCCCCCCCCCCCCCCCCCCCCCCCCCCC. The van der Waals surface area contributed by atoms with Crippen LogP contribution in [0.4, 0.5) is 0 Å². The number of unbranched alkanes of at least 4 members (excludes halogenated alkanes) is 41. The number of amides is 1. The van der Waals surface area contributed by atoms with Gasteiger partial charge in [0.1, 0.15) is 36.6 Å². The van der Waals surface area contributed by atoms with Gasteiger partial charge in [0.2, 0.25) is 5.91 Å². The van der Waals surface area contributed by atoms with Crippen LogP contribution < -0.4 is 5.32 Å². The van der Waals surface area contributed by atoms with Crippen molar-refractivity contribution in [3.05, 3.63) is 12.2 Å². The molecule has 0 saturated carbocycles. The molecular weight excluding hydrogens is 919 g/mol. The van der Waals surface area contributed by atoms with Crippen molar-refractivity contribution in [1.82, 2.24) is 5.32 Å². The van der Waals surface area contributed by atoms with Crippen molar-refractivity contribution in [1.29, 1.82) is 0 Å². The highest BCUT2D eigenvalue weighted by atomic mass is 16.7. The summed E-state index contributed by atoms with van der Waals surface area (Å²) in [4.78, 5) is 13.2. The molecule has 1 amide bonds. The Morgan fingerprint density at radius 1 is 0.466 bits per heavy atom. The Bertz CT molecular complexity index is 1190. The molecule has 11 heteroatoms. The summed E-state index contributed by atoms with van der Waals surface area (Å²) in [5, 5.41) is 76.2. The molecular formula is C62H121NO10. The lowest BCUT2D eigenvalue weighted by molar-refractivity contribution is -0.303. The standard InChI is InChI=1S/C62H121NO10/c1-3-5-7-9-11-13-15-17-19-21-22-23-24-25-26-27-28-29-30-31-32-33-34-36-38-40-42-44-46-48-50-55(66)61(71)63-53(52-72-62-60(70)59(69)58(68)56(51-64)73-62)57(67)54(65)49-47-45-43-41-39-37-35-20-18-16-14-12-10-8-6-4-2/h41,43,53-60,62,64-70H,3-40,42,44-52H2,1-2H3,(H,63,71)/b43-41+. The lowest BCUT2D eigenvalue weighted by Gasteiger charge is -2.40. The van der Waals surface area contributed by atoms with Gasteiger partial charge >= 0.3 is 0 Å². The minimum atomic E-state index is -1.67. The number of nitrogens with one attached hydrogen (secondary N) is 1. The molecule has 1 fully saturated rings. The Labute approximate surface area is 449 Å². The third kappa shape index (κ3) is 39.8. The van der Waals surface area contributed by atoms with Crippen LogP contribution in [0.5, 0.6) is 0 Å². The van der Waals surface area contributed by atoms with Gasteiger partial charge in [-0.05, 0) is 38.5 Å². The summed E-state index contributed by atoms with van der Waals surface area (Å²) in [6.07, 6.45) is 50.1. The molecule has 1 aliphatic heterocycles. The second-order valence-electron chi connectivity index (χ2n) is 22.5. The fraction of sp³-hybridized carbons (Fsp3) is 0.952. The van der Waals surface area contributed by atoms with E-state index in [1.54, 1.807) is 0 Å². The highest BCUT2D eigenvalue weighted by Gasteiger charge is 2.44. The van der Waals surface area contributed by atoms with Crippen LogP contribution >= 0.6 is 0 Å². The quantitative estimate of drug-likeness (QED) is 0.0215. The molecule has 1 aliphatic rings. The number of aliphatic hydroxyl groups excluding tert-OH is 7. The van der Waals surface area contributed by atoms with E-state index in [0.29, 0.717) is 12.8 Å². The lowest BCUT2D eigenvalue weighted by Crippen LogP contribution is -2.60. The molecule has 0 aliphatic carbocycles. The molecule has 0 bridgehead atoms. The van der Waals surface area contributed by atoms with Crippen LogP contribution in [-0.4, -0.2) is 110 Å². The predicted molar refractivity (Wildman–Crippen MR) is 303 cm³/mol. The van der Waals surface area contributed by atoms with Gasteiger partial charge in [-0.1, -0.05) is 283 Å². The summed E-state index contributed by atoms with van der Waals surface area (Å²) in [5.41, 5.74) is 0. The molecule has 434 valence electrons. The van der Waals surface area contributed by atoms with Crippen molar-refractivity contribution in [2.24, 2.45) is 0 Å². The lowest BCUT2D eigenvalue weighted by atomic mass is 9.98. The van der Waals surface area contributed by atoms with E-state index in [2.05, 4.69) is 31.3 Å². The van der Waals surface area contributed by atoms with Gasteiger partial charge in [0.15, 0.2) is 6.29 Å². The number of hydrogen-bond acceptors (Lipinski definition) is 10. The Kier molecular flexibility index (Phi) is 49.4. The Balaban J connectivity index is 2.21. The first-order valence-electron chi connectivity index (χ1n) is 31.6. The summed E-state index contributed by atoms with van der Waals surface area (Å²) < 4.78 is 11.1. The van der Waals surface area contributed by atoms with Crippen molar-refractivity contribution in [2.75, 3.05) is 13.2 Å². The fourth-order valence-corrected chi connectivity index (χ4v) is 10.4. The molecule has 0 aromatic carbocycles. The second-order valence-corrected chi connectivity index (χ2v) is 22.5. The summed E-state index contributed by atoms with van der Waals surface area (Å²) in [6.45, 7) is 3.48. The molecule has 1 heterocycles. The Hall–Kier alpha value is -1.15. The highest BCUT2D eigenvalue weighted by molar-refractivity contribution is 5.80. The molecule has 11 nitrogen and oxygen atoms in total. The van der Waals surface area contributed by atoms with Crippen molar-refractivity contribution in [2.45, 2.75) is 364 Å². The van der Waals surface area contributed by atoms with Crippen LogP contribution in [0.15, 0.2) is 12.2 Å². The van der Waals surface area contributed by atoms with Crippen LogP contribution in [0.25, 0.3) is 0 Å². The number of rotatable bonds is 55. The average Bonchev–Trinajstić information content (AvgIpc) is 3.39.